The summed E-state index contributed by atoms with van der Waals surface area (Å²) in [6, 6.07) is 4.02. The smallest absolute Gasteiger partial charge is 0.311 e. The maximum Gasteiger partial charge on any atom is 0.311 e. The van der Waals surface area contributed by atoms with E-state index in [2.05, 4.69) is 5.32 Å². The van der Waals surface area contributed by atoms with Crippen molar-refractivity contribution < 1.29 is 14.5 Å². The Kier molecular flexibility index (Phi) is 4.52. The Morgan fingerprint density at radius 2 is 2.15 bits per heavy atom. The molecule has 0 saturated carbocycles. The molecule has 20 heavy (non-hydrogen) atoms. The first-order valence-electron chi connectivity index (χ1n) is 6.49. The van der Waals surface area contributed by atoms with Gasteiger partial charge in [0.25, 0.3) is 0 Å². The van der Waals surface area contributed by atoms with E-state index < -0.39 is 10.8 Å². The highest BCUT2D eigenvalue weighted by atomic mass is 16.6. The molecule has 0 radical (unpaired) electrons. The van der Waals surface area contributed by atoms with E-state index in [1.165, 1.54) is 12.1 Å². The van der Waals surface area contributed by atoms with Crippen LogP contribution in [0.4, 0.5) is 5.69 Å². The molecule has 0 spiro atoms. The van der Waals surface area contributed by atoms with Gasteiger partial charge >= 0.3 is 5.69 Å². The summed E-state index contributed by atoms with van der Waals surface area (Å²) in [6.45, 7) is 2.33. The summed E-state index contributed by atoms with van der Waals surface area (Å²) in [5.41, 5.74) is 4.99. The predicted molar refractivity (Wildman–Crippen MR) is 72.7 cm³/mol. The van der Waals surface area contributed by atoms with Gasteiger partial charge in [-0.1, -0.05) is 0 Å². The highest BCUT2D eigenvalue weighted by molar-refractivity contribution is 5.93. The number of nitro benzene ring substituents is 1. The van der Waals surface area contributed by atoms with Crippen LogP contribution < -0.4 is 15.8 Å². The number of benzene rings is 1. The third-order valence-electron chi connectivity index (χ3n) is 3.37. The van der Waals surface area contributed by atoms with Crippen LogP contribution >= 0.6 is 0 Å². The van der Waals surface area contributed by atoms with Crippen molar-refractivity contribution in [3.63, 3.8) is 0 Å². The molecule has 1 fully saturated rings. The number of piperidine rings is 1. The SMILES string of the molecule is NC(=O)c1ccc(OCC2CCNCC2)c([N+](=O)[O-])c1. The molecule has 1 saturated heterocycles. The Hall–Kier alpha value is -2.15. The highest BCUT2D eigenvalue weighted by Gasteiger charge is 2.20. The second-order valence-corrected chi connectivity index (χ2v) is 4.81. The zero-order valence-electron chi connectivity index (χ0n) is 11.0. The number of nitro groups is 1. The van der Waals surface area contributed by atoms with E-state index in [4.69, 9.17) is 10.5 Å². The van der Waals surface area contributed by atoms with Gasteiger partial charge in [0.2, 0.25) is 5.91 Å². The van der Waals surface area contributed by atoms with Crippen molar-refractivity contribution >= 4 is 11.6 Å². The summed E-state index contributed by atoms with van der Waals surface area (Å²) in [6.07, 6.45) is 1.99. The van der Waals surface area contributed by atoms with E-state index in [-0.39, 0.29) is 17.0 Å². The minimum absolute atomic E-state index is 0.103. The molecule has 1 aromatic rings. The van der Waals surface area contributed by atoms with Gasteiger partial charge < -0.3 is 15.8 Å². The quantitative estimate of drug-likeness (QED) is 0.619. The molecule has 0 aromatic heterocycles. The minimum Gasteiger partial charge on any atom is -0.487 e. The second kappa shape index (κ2) is 6.33. The van der Waals surface area contributed by atoms with Crippen molar-refractivity contribution in [2.24, 2.45) is 11.7 Å². The molecule has 1 amide bonds. The van der Waals surface area contributed by atoms with Crippen molar-refractivity contribution in [2.75, 3.05) is 19.7 Å². The summed E-state index contributed by atoms with van der Waals surface area (Å²) in [7, 11) is 0. The van der Waals surface area contributed by atoms with Gasteiger partial charge in [-0.25, -0.2) is 0 Å². The van der Waals surface area contributed by atoms with Crippen molar-refractivity contribution in [1.82, 2.24) is 5.32 Å². The Balaban J connectivity index is 2.09. The summed E-state index contributed by atoms with van der Waals surface area (Å²) in [4.78, 5) is 21.5. The minimum atomic E-state index is -0.696. The molecule has 1 aliphatic rings. The summed E-state index contributed by atoms with van der Waals surface area (Å²) in [5, 5.41) is 14.3. The van der Waals surface area contributed by atoms with Gasteiger partial charge in [-0.15, -0.1) is 0 Å². The van der Waals surface area contributed by atoms with Crippen molar-refractivity contribution in [3.8, 4) is 5.75 Å². The van der Waals surface area contributed by atoms with E-state index in [1.54, 1.807) is 0 Å². The summed E-state index contributed by atoms with van der Waals surface area (Å²) >= 11 is 0. The van der Waals surface area contributed by atoms with Crippen LogP contribution in [0.1, 0.15) is 23.2 Å². The van der Waals surface area contributed by atoms with Gasteiger partial charge in [0.1, 0.15) is 0 Å². The van der Waals surface area contributed by atoms with E-state index in [9.17, 15) is 14.9 Å². The fourth-order valence-corrected chi connectivity index (χ4v) is 2.19. The fourth-order valence-electron chi connectivity index (χ4n) is 2.19. The van der Waals surface area contributed by atoms with Gasteiger partial charge in [0.15, 0.2) is 5.75 Å². The number of carbonyl (C=O) groups excluding carboxylic acids is 1. The molecular formula is C13H17N3O4. The highest BCUT2D eigenvalue weighted by Crippen LogP contribution is 2.28. The monoisotopic (exact) mass is 279 g/mol. The lowest BCUT2D eigenvalue weighted by atomic mass is 9.99. The topological polar surface area (TPSA) is 107 Å². The van der Waals surface area contributed by atoms with E-state index in [0.29, 0.717) is 12.5 Å². The van der Waals surface area contributed by atoms with Crippen LogP contribution in [0.25, 0.3) is 0 Å². The molecular weight excluding hydrogens is 262 g/mol. The zero-order chi connectivity index (χ0) is 14.5. The van der Waals surface area contributed by atoms with Gasteiger partial charge in [0.05, 0.1) is 11.5 Å². The van der Waals surface area contributed by atoms with Crippen LogP contribution in [-0.2, 0) is 0 Å². The normalized spacial score (nSPS) is 15.8. The van der Waals surface area contributed by atoms with Gasteiger partial charge in [-0.05, 0) is 44.0 Å². The zero-order valence-corrected chi connectivity index (χ0v) is 11.0. The van der Waals surface area contributed by atoms with Gasteiger partial charge in [-0.2, -0.15) is 0 Å². The van der Waals surface area contributed by atoms with Gasteiger partial charge in [-0.3, -0.25) is 14.9 Å². The van der Waals surface area contributed by atoms with Crippen LogP contribution in [0.3, 0.4) is 0 Å². The lowest BCUT2D eigenvalue weighted by Crippen LogP contribution is -2.30. The number of carbonyl (C=O) groups is 1. The standard InChI is InChI=1S/C13H17N3O4/c14-13(17)10-1-2-12(11(7-10)16(18)19)20-8-9-3-5-15-6-4-9/h1-2,7,9,15H,3-6,8H2,(H2,14,17). The second-order valence-electron chi connectivity index (χ2n) is 4.81. The van der Waals surface area contributed by atoms with Crippen LogP contribution in [0, 0.1) is 16.0 Å². The molecule has 0 aliphatic carbocycles. The van der Waals surface area contributed by atoms with Crippen LogP contribution in [0.2, 0.25) is 0 Å². The average molecular weight is 279 g/mol. The Morgan fingerprint density at radius 3 is 2.75 bits per heavy atom. The number of hydrogen-bond acceptors (Lipinski definition) is 5. The van der Waals surface area contributed by atoms with Crippen LogP contribution in [-0.4, -0.2) is 30.5 Å². The third-order valence-corrected chi connectivity index (χ3v) is 3.37. The first kappa shape index (κ1) is 14.3. The number of rotatable bonds is 5. The van der Waals surface area contributed by atoms with E-state index >= 15 is 0 Å². The Morgan fingerprint density at radius 1 is 1.45 bits per heavy atom. The number of hydrogen-bond donors (Lipinski definition) is 2. The van der Waals surface area contributed by atoms with Crippen molar-refractivity contribution in [3.05, 3.63) is 33.9 Å². The number of primary amides is 1. The maximum absolute atomic E-state index is 11.0. The molecule has 2 rings (SSSR count). The van der Waals surface area contributed by atoms with Crippen molar-refractivity contribution in [1.29, 1.82) is 0 Å². The molecule has 1 aromatic carbocycles. The van der Waals surface area contributed by atoms with Gasteiger partial charge in [0, 0.05) is 11.6 Å². The number of nitrogens with zero attached hydrogens (tertiary/aromatic N) is 1. The number of amides is 1. The third kappa shape index (κ3) is 3.45. The lowest BCUT2D eigenvalue weighted by molar-refractivity contribution is -0.385. The number of nitrogens with one attached hydrogen (secondary N) is 1. The fraction of sp³-hybridized carbons (Fsp3) is 0.462. The van der Waals surface area contributed by atoms with E-state index in [0.717, 1.165) is 32.0 Å². The van der Waals surface area contributed by atoms with E-state index in [1.807, 2.05) is 0 Å². The Bertz CT molecular complexity index is 512. The Labute approximate surface area is 116 Å². The predicted octanol–water partition coefficient (Wildman–Crippen LogP) is 1.07. The lowest BCUT2D eigenvalue weighted by Gasteiger charge is -2.22. The number of nitrogens with two attached hydrogens (primary N) is 1. The first-order chi connectivity index (χ1) is 9.58. The summed E-state index contributed by atoms with van der Waals surface area (Å²) in [5.74, 6) is -0.122. The molecule has 108 valence electrons. The molecule has 0 atom stereocenters. The molecule has 7 heteroatoms. The molecule has 1 heterocycles. The maximum atomic E-state index is 11.0. The van der Waals surface area contributed by atoms with Crippen LogP contribution in [0.5, 0.6) is 5.75 Å². The first-order valence-corrected chi connectivity index (χ1v) is 6.49. The molecule has 1 aliphatic heterocycles. The number of ether oxygens (including phenoxy) is 1. The molecule has 0 unspecified atom stereocenters. The molecule has 3 N–H and O–H groups in total. The average Bonchev–Trinajstić information content (AvgIpc) is 2.45. The van der Waals surface area contributed by atoms with Crippen LogP contribution in [0.15, 0.2) is 18.2 Å². The largest absolute Gasteiger partial charge is 0.487 e. The molecule has 0 bridgehead atoms. The van der Waals surface area contributed by atoms with Crippen molar-refractivity contribution in [2.45, 2.75) is 12.8 Å². The summed E-state index contributed by atoms with van der Waals surface area (Å²) < 4.78 is 5.55. The molecule has 7 nitrogen and oxygen atoms in total.